The molecule has 0 aromatic heterocycles. The van der Waals surface area contributed by atoms with E-state index in [-0.39, 0.29) is 29.9 Å². The maximum absolute atomic E-state index is 11.6. The van der Waals surface area contributed by atoms with Gasteiger partial charge in [0.1, 0.15) is 0 Å². The van der Waals surface area contributed by atoms with Crippen molar-refractivity contribution in [2.24, 2.45) is 11.8 Å². The molecule has 88 valence electrons. The molecule has 2 aliphatic heterocycles. The smallest absolute Gasteiger partial charge is 0.410 e. The van der Waals surface area contributed by atoms with Crippen LogP contribution in [-0.4, -0.2) is 43.8 Å². The first kappa shape index (κ1) is 11.0. The Balaban J connectivity index is 2.19. The zero-order chi connectivity index (χ0) is 11.7. The summed E-state index contributed by atoms with van der Waals surface area (Å²) < 4.78 is 9.46. The summed E-state index contributed by atoms with van der Waals surface area (Å²) in [5.74, 6) is -0.283. The van der Waals surface area contributed by atoms with Gasteiger partial charge in [-0.2, -0.15) is 0 Å². The monoisotopic (exact) mass is 225 g/mol. The van der Waals surface area contributed by atoms with E-state index >= 15 is 0 Å². The summed E-state index contributed by atoms with van der Waals surface area (Å²) in [6.45, 7) is 0.626. The maximum atomic E-state index is 11.6. The zero-order valence-corrected chi connectivity index (χ0v) is 9.38. The minimum atomic E-state index is -0.382. The molecule has 0 aromatic rings. The van der Waals surface area contributed by atoms with Crippen LogP contribution in [0.15, 0.2) is 12.2 Å². The third-order valence-electron chi connectivity index (χ3n) is 3.25. The van der Waals surface area contributed by atoms with Gasteiger partial charge in [0.15, 0.2) is 0 Å². The van der Waals surface area contributed by atoms with Crippen molar-refractivity contribution in [2.45, 2.75) is 12.5 Å². The van der Waals surface area contributed by atoms with E-state index in [1.54, 1.807) is 4.90 Å². The van der Waals surface area contributed by atoms with Gasteiger partial charge in [0.05, 0.1) is 26.2 Å². The molecule has 3 aliphatic rings. The lowest BCUT2D eigenvalue weighted by Crippen LogP contribution is -2.55. The highest BCUT2D eigenvalue weighted by Gasteiger charge is 2.44. The van der Waals surface area contributed by atoms with Gasteiger partial charge in [0.25, 0.3) is 0 Å². The lowest BCUT2D eigenvalue weighted by atomic mass is 9.78. The molecule has 3 atom stereocenters. The molecule has 1 amide bonds. The van der Waals surface area contributed by atoms with Crippen molar-refractivity contribution < 1.29 is 19.1 Å². The molecule has 0 saturated carbocycles. The van der Waals surface area contributed by atoms with Crippen molar-refractivity contribution in [3.8, 4) is 0 Å². The van der Waals surface area contributed by atoms with Gasteiger partial charge < -0.3 is 14.4 Å². The molecule has 0 spiro atoms. The van der Waals surface area contributed by atoms with E-state index in [4.69, 9.17) is 9.47 Å². The van der Waals surface area contributed by atoms with E-state index in [2.05, 4.69) is 6.08 Å². The summed E-state index contributed by atoms with van der Waals surface area (Å²) in [7, 11) is 2.72. The van der Waals surface area contributed by atoms with Crippen LogP contribution in [0.25, 0.3) is 0 Å². The molecule has 2 heterocycles. The molecule has 0 N–H and O–H groups in total. The third kappa shape index (κ3) is 1.66. The lowest BCUT2D eigenvalue weighted by molar-refractivity contribution is -0.149. The van der Waals surface area contributed by atoms with Crippen LogP contribution in [0, 0.1) is 11.8 Å². The highest BCUT2D eigenvalue weighted by Crippen LogP contribution is 2.35. The minimum absolute atomic E-state index is 0.218. The highest BCUT2D eigenvalue weighted by atomic mass is 16.5. The summed E-state index contributed by atoms with van der Waals surface area (Å²) in [6.07, 6.45) is 4.33. The van der Waals surface area contributed by atoms with Crippen molar-refractivity contribution in [3.05, 3.63) is 12.2 Å². The number of esters is 1. The quantitative estimate of drug-likeness (QED) is 0.489. The van der Waals surface area contributed by atoms with Crippen molar-refractivity contribution >= 4 is 12.1 Å². The number of piperidine rings is 1. The Labute approximate surface area is 94.0 Å². The van der Waals surface area contributed by atoms with Crippen LogP contribution in [0.4, 0.5) is 4.79 Å². The predicted molar refractivity (Wildman–Crippen MR) is 55.7 cm³/mol. The lowest BCUT2D eigenvalue weighted by Gasteiger charge is -2.44. The molecule has 0 unspecified atom stereocenters. The van der Waals surface area contributed by atoms with E-state index in [1.807, 2.05) is 6.08 Å². The van der Waals surface area contributed by atoms with E-state index < -0.39 is 0 Å². The summed E-state index contributed by atoms with van der Waals surface area (Å²) in [6, 6.07) is -0.218. The number of nitrogens with zero attached hydrogens (tertiary/aromatic N) is 1. The molecule has 1 fully saturated rings. The molecular formula is C11H15NO4. The van der Waals surface area contributed by atoms with E-state index in [0.717, 1.165) is 6.42 Å². The van der Waals surface area contributed by atoms with Crippen molar-refractivity contribution in [1.29, 1.82) is 0 Å². The molecule has 5 heteroatoms. The molecule has 1 aliphatic carbocycles. The van der Waals surface area contributed by atoms with Crippen LogP contribution in [0.5, 0.6) is 0 Å². The second kappa shape index (κ2) is 4.15. The van der Waals surface area contributed by atoms with Gasteiger partial charge in [-0.25, -0.2) is 4.79 Å². The normalized spacial score (nSPS) is 31.4. The fraction of sp³-hybridized carbons (Fsp3) is 0.636. The Bertz CT molecular complexity index is 313. The van der Waals surface area contributed by atoms with Crippen molar-refractivity contribution in [1.82, 2.24) is 4.90 Å². The standard InChI is InChI=1S/C11H15NO4/c1-15-10(13)8-5-7-3-4-9(8)12(6-7)11(14)16-2/h3-4,7-9H,5-6H2,1-2H3/t7-,8-,9+/m1/s1. The molecule has 0 radical (unpaired) electrons. The average molecular weight is 225 g/mol. The maximum Gasteiger partial charge on any atom is 0.410 e. The average Bonchev–Trinajstić information content (AvgIpc) is 2.37. The Morgan fingerprint density at radius 2 is 2.00 bits per heavy atom. The summed E-state index contributed by atoms with van der Waals surface area (Å²) >= 11 is 0. The second-order valence-corrected chi connectivity index (χ2v) is 4.12. The molecule has 0 aromatic carbocycles. The Morgan fingerprint density at radius 3 is 2.56 bits per heavy atom. The number of amides is 1. The molecule has 2 bridgehead atoms. The number of carbonyl (C=O) groups excluding carboxylic acids is 2. The molecule has 5 nitrogen and oxygen atoms in total. The number of methoxy groups -OCH3 is 2. The SMILES string of the molecule is COC(=O)[C@@H]1C[C@H]2C=C[C@@H]1N(C(=O)OC)C2. The molecular weight excluding hydrogens is 210 g/mol. The topological polar surface area (TPSA) is 55.8 Å². The summed E-state index contributed by atoms with van der Waals surface area (Å²) in [4.78, 5) is 24.7. The van der Waals surface area contributed by atoms with Gasteiger partial charge in [0, 0.05) is 6.54 Å². The van der Waals surface area contributed by atoms with Gasteiger partial charge >= 0.3 is 12.1 Å². The Kier molecular flexibility index (Phi) is 2.85. The summed E-state index contributed by atoms with van der Waals surface area (Å²) in [5.41, 5.74) is 0. The van der Waals surface area contributed by atoms with Gasteiger partial charge in [-0.05, 0) is 12.3 Å². The van der Waals surface area contributed by atoms with Crippen LogP contribution >= 0.6 is 0 Å². The van der Waals surface area contributed by atoms with Crippen LogP contribution in [0.1, 0.15) is 6.42 Å². The van der Waals surface area contributed by atoms with E-state index in [9.17, 15) is 9.59 Å². The minimum Gasteiger partial charge on any atom is -0.469 e. The number of carbonyl (C=O) groups is 2. The Morgan fingerprint density at radius 1 is 1.25 bits per heavy atom. The van der Waals surface area contributed by atoms with Crippen molar-refractivity contribution in [3.63, 3.8) is 0 Å². The van der Waals surface area contributed by atoms with Crippen LogP contribution < -0.4 is 0 Å². The fourth-order valence-corrected chi connectivity index (χ4v) is 2.48. The van der Waals surface area contributed by atoms with Crippen LogP contribution in [0.2, 0.25) is 0 Å². The first-order chi connectivity index (χ1) is 7.67. The van der Waals surface area contributed by atoms with E-state index in [1.165, 1.54) is 14.2 Å². The largest absolute Gasteiger partial charge is 0.469 e. The van der Waals surface area contributed by atoms with Gasteiger partial charge in [0.2, 0.25) is 0 Å². The first-order valence-electron chi connectivity index (χ1n) is 5.28. The van der Waals surface area contributed by atoms with Crippen molar-refractivity contribution in [2.75, 3.05) is 20.8 Å². The van der Waals surface area contributed by atoms with Crippen LogP contribution in [0.3, 0.4) is 0 Å². The number of hydrogen-bond acceptors (Lipinski definition) is 4. The predicted octanol–water partition coefficient (Wildman–Crippen LogP) is 0.802. The van der Waals surface area contributed by atoms with Gasteiger partial charge in [-0.3, -0.25) is 4.79 Å². The zero-order valence-electron chi connectivity index (χ0n) is 9.38. The van der Waals surface area contributed by atoms with Gasteiger partial charge in [-0.15, -0.1) is 0 Å². The van der Waals surface area contributed by atoms with Crippen LogP contribution in [-0.2, 0) is 14.3 Å². The number of fused-ring (bicyclic) bond motifs is 2. The van der Waals surface area contributed by atoms with E-state index in [0.29, 0.717) is 6.54 Å². The third-order valence-corrected chi connectivity index (χ3v) is 3.25. The number of hydrogen-bond donors (Lipinski definition) is 0. The molecule has 16 heavy (non-hydrogen) atoms. The first-order valence-corrected chi connectivity index (χ1v) is 5.28. The number of ether oxygens (including phenoxy) is 2. The fourth-order valence-electron chi connectivity index (χ4n) is 2.48. The Hall–Kier alpha value is -1.52. The summed E-state index contributed by atoms with van der Waals surface area (Å²) in [5, 5.41) is 0. The molecule has 3 rings (SSSR count). The number of rotatable bonds is 1. The second-order valence-electron chi connectivity index (χ2n) is 4.12. The highest BCUT2D eigenvalue weighted by molar-refractivity contribution is 5.77. The van der Waals surface area contributed by atoms with Gasteiger partial charge in [-0.1, -0.05) is 12.2 Å². The molecule has 1 saturated heterocycles.